The number of benzene rings is 1. The zero-order valence-corrected chi connectivity index (χ0v) is 18.1. The number of pyridine rings is 1. The Balaban J connectivity index is 1.37. The Bertz CT molecular complexity index is 1140. The Kier molecular flexibility index (Phi) is 6.20. The van der Waals surface area contributed by atoms with Crippen molar-refractivity contribution >= 4 is 56.9 Å². The molecular weight excluding hydrogens is 447 g/mol. The molecule has 0 aliphatic rings. The largest absolute Gasteiger partial charge is 0.302 e. The van der Waals surface area contributed by atoms with Gasteiger partial charge in [0.2, 0.25) is 5.91 Å². The van der Waals surface area contributed by atoms with Crippen molar-refractivity contribution in [1.82, 2.24) is 15.0 Å². The number of nitrogens with zero attached hydrogens (tertiary/aromatic N) is 3. The van der Waals surface area contributed by atoms with Gasteiger partial charge in [0.25, 0.3) is 0 Å². The van der Waals surface area contributed by atoms with E-state index >= 15 is 0 Å². The van der Waals surface area contributed by atoms with Crippen molar-refractivity contribution < 1.29 is 4.79 Å². The second-order valence-corrected chi connectivity index (χ2v) is 8.95. The highest BCUT2D eigenvalue weighted by atomic mass is 35.5. The van der Waals surface area contributed by atoms with Gasteiger partial charge in [-0.05, 0) is 35.9 Å². The molecule has 9 heteroatoms. The molecule has 5 nitrogen and oxygen atoms in total. The molecule has 0 spiro atoms. The number of amides is 1. The topological polar surface area (TPSA) is 67.8 Å². The molecule has 0 saturated heterocycles. The summed E-state index contributed by atoms with van der Waals surface area (Å²) in [5.74, 6) is -0.162. The van der Waals surface area contributed by atoms with Crippen LogP contribution in [0, 0.1) is 0 Å². The molecular formula is C20H14Cl2N4OS2. The quantitative estimate of drug-likeness (QED) is 0.398. The number of rotatable bonds is 6. The molecule has 1 amide bonds. The summed E-state index contributed by atoms with van der Waals surface area (Å²) < 4.78 is 0. The standard InChI is InChI=1S/C20H14Cl2N4OS2/c21-13-4-5-16(22)12(7-13)8-15-10-24-20(29-15)26-18(27)9-14-11-28-19(25-14)17-3-1-2-6-23-17/h1-7,10-11H,8-9H2,(H,24,26,27). The summed E-state index contributed by atoms with van der Waals surface area (Å²) in [6, 6.07) is 11.0. The normalized spacial score (nSPS) is 10.8. The Morgan fingerprint density at radius 1 is 1.14 bits per heavy atom. The summed E-state index contributed by atoms with van der Waals surface area (Å²) in [7, 11) is 0. The third kappa shape index (κ3) is 5.19. The lowest BCUT2D eigenvalue weighted by Crippen LogP contribution is -2.14. The van der Waals surface area contributed by atoms with Gasteiger partial charge in [-0.15, -0.1) is 22.7 Å². The van der Waals surface area contributed by atoms with Crippen LogP contribution in [0.3, 0.4) is 0 Å². The van der Waals surface area contributed by atoms with Crippen LogP contribution in [0.5, 0.6) is 0 Å². The average molecular weight is 461 g/mol. The van der Waals surface area contributed by atoms with E-state index in [9.17, 15) is 4.79 Å². The van der Waals surface area contributed by atoms with E-state index in [2.05, 4.69) is 20.3 Å². The van der Waals surface area contributed by atoms with Gasteiger partial charge in [0.05, 0.1) is 17.8 Å². The van der Waals surface area contributed by atoms with Gasteiger partial charge in [-0.2, -0.15) is 0 Å². The first-order valence-electron chi connectivity index (χ1n) is 8.61. The van der Waals surface area contributed by atoms with Crippen LogP contribution < -0.4 is 5.32 Å². The number of hydrogen-bond acceptors (Lipinski definition) is 6. The highest BCUT2D eigenvalue weighted by Crippen LogP contribution is 2.27. The van der Waals surface area contributed by atoms with E-state index in [1.807, 2.05) is 29.6 Å². The van der Waals surface area contributed by atoms with Crippen molar-refractivity contribution in [2.75, 3.05) is 5.32 Å². The molecule has 0 saturated carbocycles. The second-order valence-electron chi connectivity index (χ2n) is 6.13. The monoisotopic (exact) mass is 460 g/mol. The first-order valence-corrected chi connectivity index (χ1v) is 11.1. The van der Waals surface area contributed by atoms with Crippen molar-refractivity contribution in [2.24, 2.45) is 0 Å². The number of anilines is 1. The van der Waals surface area contributed by atoms with Crippen molar-refractivity contribution in [3.63, 3.8) is 0 Å². The summed E-state index contributed by atoms with van der Waals surface area (Å²) >= 11 is 15.1. The summed E-state index contributed by atoms with van der Waals surface area (Å²) in [6.07, 6.45) is 4.24. The molecule has 3 heterocycles. The smallest absolute Gasteiger partial charge is 0.232 e. The molecule has 0 atom stereocenters. The fourth-order valence-electron chi connectivity index (χ4n) is 2.64. The maximum atomic E-state index is 12.4. The van der Waals surface area contributed by atoms with E-state index in [0.717, 1.165) is 21.1 Å². The van der Waals surface area contributed by atoms with Crippen molar-refractivity contribution in [2.45, 2.75) is 12.8 Å². The molecule has 3 aromatic heterocycles. The fourth-order valence-corrected chi connectivity index (χ4v) is 4.66. The second kappa shape index (κ2) is 9.00. The van der Waals surface area contributed by atoms with Gasteiger partial charge in [-0.1, -0.05) is 29.3 Å². The number of aromatic nitrogens is 3. The first-order chi connectivity index (χ1) is 14.1. The molecule has 146 valence electrons. The predicted octanol–water partition coefficient (Wildman–Crippen LogP) is 5.74. The molecule has 29 heavy (non-hydrogen) atoms. The van der Waals surface area contributed by atoms with Crippen LogP contribution in [0.1, 0.15) is 16.1 Å². The zero-order chi connectivity index (χ0) is 20.2. The van der Waals surface area contributed by atoms with Crippen LogP contribution in [0.15, 0.2) is 54.2 Å². The molecule has 0 bridgehead atoms. The fraction of sp³-hybridized carbons (Fsp3) is 0.100. The van der Waals surface area contributed by atoms with Gasteiger partial charge in [-0.3, -0.25) is 9.78 Å². The van der Waals surface area contributed by atoms with E-state index in [-0.39, 0.29) is 12.3 Å². The van der Waals surface area contributed by atoms with E-state index < -0.39 is 0 Å². The minimum Gasteiger partial charge on any atom is -0.302 e. The van der Waals surface area contributed by atoms with Gasteiger partial charge >= 0.3 is 0 Å². The highest BCUT2D eigenvalue weighted by Gasteiger charge is 2.12. The lowest BCUT2D eigenvalue weighted by molar-refractivity contribution is -0.115. The third-order valence-corrected chi connectivity index (χ3v) is 6.38. The summed E-state index contributed by atoms with van der Waals surface area (Å²) in [5, 5.41) is 7.33. The molecule has 4 aromatic rings. The Morgan fingerprint density at radius 2 is 2.03 bits per heavy atom. The minimum absolute atomic E-state index is 0.162. The molecule has 0 aliphatic heterocycles. The van der Waals surface area contributed by atoms with Crippen molar-refractivity contribution in [3.05, 3.63) is 80.4 Å². The van der Waals surface area contributed by atoms with Gasteiger partial charge in [0.1, 0.15) is 5.01 Å². The lowest BCUT2D eigenvalue weighted by atomic mass is 10.1. The van der Waals surface area contributed by atoms with Gasteiger partial charge in [0.15, 0.2) is 5.13 Å². The minimum atomic E-state index is -0.162. The van der Waals surface area contributed by atoms with Crippen LogP contribution in [-0.4, -0.2) is 20.9 Å². The molecule has 0 unspecified atom stereocenters. The number of carbonyl (C=O) groups is 1. The summed E-state index contributed by atoms with van der Waals surface area (Å²) in [4.78, 5) is 26.4. The first kappa shape index (κ1) is 20.0. The molecule has 1 aromatic carbocycles. The van der Waals surface area contributed by atoms with Crippen LogP contribution in [0.4, 0.5) is 5.13 Å². The van der Waals surface area contributed by atoms with E-state index in [1.54, 1.807) is 24.5 Å². The number of carbonyl (C=O) groups excluding carboxylic acids is 1. The molecule has 0 radical (unpaired) electrons. The van der Waals surface area contributed by atoms with E-state index in [0.29, 0.717) is 27.3 Å². The maximum absolute atomic E-state index is 12.4. The highest BCUT2D eigenvalue weighted by molar-refractivity contribution is 7.15. The average Bonchev–Trinajstić information content (AvgIpc) is 3.35. The van der Waals surface area contributed by atoms with Gasteiger partial charge < -0.3 is 5.32 Å². The number of hydrogen-bond donors (Lipinski definition) is 1. The summed E-state index contributed by atoms with van der Waals surface area (Å²) in [5.41, 5.74) is 2.43. The van der Waals surface area contributed by atoms with Crippen LogP contribution in [0.25, 0.3) is 10.7 Å². The van der Waals surface area contributed by atoms with Crippen LogP contribution in [0.2, 0.25) is 10.0 Å². The van der Waals surface area contributed by atoms with Gasteiger partial charge in [-0.25, -0.2) is 9.97 Å². The van der Waals surface area contributed by atoms with Crippen LogP contribution >= 0.6 is 45.9 Å². The molecule has 0 fully saturated rings. The van der Waals surface area contributed by atoms with Crippen molar-refractivity contribution in [3.8, 4) is 10.7 Å². The third-order valence-electron chi connectivity index (χ3n) is 3.95. The Morgan fingerprint density at radius 3 is 2.86 bits per heavy atom. The van der Waals surface area contributed by atoms with Crippen molar-refractivity contribution in [1.29, 1.82) is 0 Å². The predicted molar refractivity (Wildman–Crippen MR) is 119 cm³/mol. The van der Waals surface area contributed by atoms with E-state index in [1.165, 1.54) is 22.7 Å². The zero-order valence-electron chi connectivity index (χ0n) is 14.9. The number of halogens is 2. The molecule has 1 N–H and O–H groups in total. The Labute approximate surface area is 185 Å². The summed E-state index contributed by atoms with van der Waals surface area (Å²) in [6.45, 7) is 0. The SMILES string of the molecule is O=C(Cc1csc(-c2ccccn2)n1)Nc1ncc(Cc2cc(Cl)ccc2Cl)s1. The molecule has 4 rings (SSSR count). The molecule has 0 aliphatic carbocycles. The maximum Gasteiger partial charge on any atom is 0.232 e. The van der Waals surface area contributed by atoms with Crippen LogP contribution in [-0.2, 0) is 17.6 Å². The number of nitrogens with one attached hydrogen (secondary N) is 1. The Hall–Kier alpha value is -2.32. The van der Waals surface area contributed by atoms with E-state index in [4.69, 9.17) is 23.2 Å². The lowest BCUT2D eigenvalue weighted by Gasteiger charge is -2.02. The number of thiazole rings is 2. The van der Waals surface area contributed by atoms with Gasteiger partial charge in [0, 0.05) is 39.1 Å².